The zero-order valence-electron chi connectivity index (χ0n) is 15.3. The highest BCUT2D eigenvalue weighted by atomic mass is 16.2. The number of likely N-dealkylation sites (tertiary alicyclic amines) is 1. The Kier molecular flexibility index (Phi) is 6.18. The fraction of sp³-hybridized carbons (Fsp3) is 0.900. The summed E-state index contributed by atoms with van der Waals surface area (Å²) in [4.78, 5) is 27.5. The summed E-state index contributed by atoms with van der Waals surface area (Å²) in [6, 6.07) is 0.866. The van der Waals surface area contributed by atoms with Gasteiger partial charge in [0.05, 0.1) is 0 Å². The van der Waals surface area contributed by atoms with Crippen LogP contribution in [0.3, 0.4) is 0 Å². The van der Waals surface area contributed by atoms with Crippen LogP contribution in [0, 0.1) is 11.8 Å². The van der Waals surface area contributed by atoms with E-state index in [0.717, 1.165) is 57.9 Å². The van der Waals surface area contributed by atoms with Gasteiger partial charge in [0.2, 0.25) is 11.8 Å². The maximum absolute atomic E-state index is 12.9. The first kappa shape index (κ1) is 17.8. The molecule has 2 aliphatic carbocycles. The minimum Gasteiger partial charge on any atom is -0.353 e. The van der Waals surface area contributed by atoms with Crippen LogP contribution in [0.1, 0.15) is 84.0 Å². The lowest BCUT2D eigenvalue weighted by Crippen LogP contribution is -2.47. The number of amides is 2. The van der Waals surface area contributed by atoms with Crippen LogP contribution in [0.2, 0.25) is 0 Å². The van der Waals surface area contributed by atoms with Crippen molar-refractivity contribution in [3.63, 3.8) is 0 Å². The van der Waals surface area contributed by atoms with E-state index in [1.54, 1.807) is 0 Å². The van der Waals surface area contributed by atoms with Crippen molar-refractivity contribution in [2.75, 3.05) is 6.54 Å². The van der Waals surface area contributed by atoms with Crippen molar-refractivity contribution in [3.8, 4) is 0 Å². The Morgan fingerprint density at radius 3 is 2.17 bits per heavy atom. The van der Waals surface area contributed by atoms with Gasteiger partial charge in [0, 0.05) is 30.5 Å². The largest absolute Gasteiger partial charge is 0.353 e. The molecule has 2 saturated carbocycles. The summed E-state index contributed by atoms with van der Waals surface area (Å²) in [5, 5.41) is 3.24. The third-order valence-corrected chi connectivity index (χ3v) is 6.53. The van der Waals surface area contributed by atoms with Crippen molar-refractivity contribution < 1.29 is 9.59 Å². The summed E-state index contributed by atoms with van der Waals surface area (Å²) in [5.74, 6) is 0.916. The Labute approximate surface area is 146 Å². The van der Waals surface area contributed by atoms with Crippen molar-refractivity contribution in [3.05, 3.63) is 0 Å². The molecule has 3 rings (SSSR count). The molecule has 4 nitrogen and oxygen atoms in total. The normalized spacial score (nSPS) is 31.9. The van der Waals surface area contributed by atoms with Gasteiger partial charge in [-0.3, -0.25) is 9.59 Å². The van der Waals surface area contributed by atoms with Crippen molar-refractivity contribution in [2.45, 2.75) is 96.1 Å². The minimum atomic E-state index is 0.137. The molecule has 3 aliphatic rings. The minimum absolute atomic E-state index is 0.137. The lowest BCUT2D eigenvalue weighted by Gasteiger charge is -2.39. The molecule has 1 aliphatic heterocycles. The van der Waals surface area contributed by atoms with Gasteiger partial charge in [0.25, 0.3) is 0 Å². The Morgan fingerprint density at radius 2 is 1.50 bits per heavy atom. The highest BCUT2D eigenvalue weighted by molar-refractivity contribution is 5.81. The van der Waals surface area contributed by atoms with E-state index in [1.165, 1.54) is 25.7 Å². The quantitative estimate of drug-likeness (QED) is 0.853. The molecule has 0 aromatic heterocycles. The van der Waals surface area contributed by atoms with Crippen molar-refractivity contribution in [1.82, 2.24) is 10.2 Å². The Morgan fingerprint density at radius 1 is 0.875 bits per heavy atom. The molecule has 2 amide bonds. The van der Waals surface area contributed by atoms with Gasteiger partial charge >= 0.3 is 0 Å². The predicted octanol–water partition coefficient (Wildman–Crippen LogP) is 3.64. The number of hydrogen-bond acceptors (Lipinski definition) is 2. The second kappa shape index (κ2) is 8.35. The van der Waals surface area contributed by atoms with Crippen molar-refractivity contribution in [1.29, 1.82) is 0 Å². The van der Waals surface area contributed by atoms with E-state index >= 15 is 0 Å². The van der Waals surface area contributed by atoms with E-state index in [9.17, 15) is 9.59 Å². The smallest absolute Gasteiger partial charge is 0.225 e. The molecular weight excluding hydrogens is 300 g/mol. The van der Waals surface area contributed by atoms with Crippen LogP contribution < -0.4 is 5.32 Å². The first-order chi connectivity index (χ1) is 11.7. The molecule has 1 heterocycles. The van der Waals surface area contributed by atoms with Crippen LogP contribution in [0.4, 0.5) is 0 Å². The Hall–Kier alpha value is -1.06. The van der Waals surface area contributed by atoms with Gasteiger partial charge < -0.3 is 10.2 Å². The lowest BCUT2D eigenvalue weighted by molar-refractivity contribution is -0.142. The molecule has 4 heteroatoms. The first-order valence-electron chi connectivity index (χ1n) is 10.3. The fourth-order valence-electron chi connectivity index (χ4n) is 4.94. The third kappa shape index (κ3) is 4.12. The van der Waals surface area contributed by atoms with Crippen LogP contribution in [0.25, 0.3) is 0 Å². The topological polar surface area (TPSA) is 49.4 Å². The number of hydrogen-bond donors (Lipinski definition) is 1. The summed E-state index contributed by atoms with van der Waals surface area (Å²) < 4.78 is 0. The fourth-order valence-corrected chi connectivity index (χ4v) is 4.94. The monoisotopic (exact) mass is 334 g/mol. The van der Waals surface area contributed by atoms with Gasteiger partial charge in [-0.05, 0) is 64.2 Å². The average molecular weight is 335 g/mol. The SMILES string of the molecule is CCC1CCCCN1C(=O)C1CCC(C(=O)NC2CCCC2)CC1. The molecule has 0 bridgehead atoms. The van der Waals surface area contributed by atoms with Crippen LogP contribution in [-0.2, 0) is 9.59 Å². The molecule has 1 unspecified atom stereocenters. The molecular formula is C20H34N2O2. The molecule has 24 heavy (non-hydrogen) atoms. The molecule has 1 N–H and O–H groups in total. The van der Waals surface area contributed by atoms with Crippen LogP contribution >= 0.6 is 0 Å². The second-order valence-corrected chi connectivity index (χ2v) is 8.13. The summed E-state index contributed by atoms with van der Waals surface area (Å²) in [6.45, 7) is 3.14. The van der Waals surface area contributed by atoms with E-state index in [0.29, 0.717) is 18.0 Å². The average Bonchev–Trinajstić information content (AvgIpc) is 3.14. The highest BCUT2D eigenvalue weighted by Gasteiger charge is 2.35. The Bertz CT molecular complexity index is 437. The van der Waals surface area contributed by atoms with Gasteiger partial charge in [-0.2, -0.15) is 0 Å². The molecule has 0 spiro atoms. The van der Waals surface area contributed by atoms with Crippen molar-refractivity contribution >= 4 is 11.8 Å². The Balaban J connectivity index is 1.47. The number of carbonyl (C=O) groups is 2. The molecule has 0 radical (unpaired) electrons. The molecule has 0 aromatic rings. The molecule has 1 saturated heterocycles. The number of piperidine rings is 1. The van der Waals surface area contributed by atoms with E-state index in [2.05, 4.69) is 17.1 Å². The number of nitrogens with zero attached hydrogens (tertiary/aromatic N) is 1. The predicted molar refractivity (Wildman–Crippen MR) is 95.5 cm³/mol. The number of carbonyl (C=O) groups excluding carboxylic acids is 2. The van der Waals surface area contributed by atoms with E-state index in [4.69, 9.17) is 0 Å². The van der Waals surface area contributed by atoms with E-state index in [-0.39, 0.29) is 17.7 Å². The van der Waals surface area contributed by atoms with Gasteiger partial charge in [0.1, 0.15) is 0 Å². The van der Waals surface area contributed by atoms with Gasteiger partial charge in [0.15, 0.2) is 0 Å². The maximum atomic E-state index is 12.9. The highest BCUT2D eigenvalue weighted by Crippen LogP contribution is 2.32. The number of nitrogens with one attached hydrogen (secondary N) is 1. The first-order valence-corrected chi connectivity index (χ1v) is 10.3. The number of rotatable bonds is 4. The van der Waals surface area contributed by atoms with Crippen LogP contribution in [0.5, 0.6) is 0 Å². The summed E-state index contributed by atoms with van der Waals surface area (Å²) in [6.07, 6.45) is 13.0. The molecule has 1 atom stereocenters. The van der Waals surface area contributed by atoms with Crippen LogP contribution in [-0.4, -0.2) is 35.3 Å². The molecule has 136 valence electrons. The molecule has 3 fully saturated rings. The summed E-state index contributed by atoms with van der Waals surface area (Å²) in [7, 11) is 0. The van der Waals surface area contributed by atoms with Crippen molar-refractivity contribution in [2.24, 2.45) is 11.8 Å². The maximum Gasteiger partial charge on any atom is 0.225 e. The lowest BCUT2D eigenvalue weighted by atomic mass is 9.80. The van der Waals surface area contributed by atoms with E-state index in [1.807, 2.05) is 0 Å². The summed E-state index contributed by atoms with van der Waals surface area (Å²) in [5.41, 5.74) is 0. The summed E-state index contributed by atoms with van der Waals surface area (Å²) >= 11 is 0. The molecule has 0 aromatic carbocycles. The van der Waals surface area contributed by atoms with Gasteiger partial charge in [-0.1, -0.05) is 19.8 Å². The van der Waals surface area contributed by atoms with Crippen LogP contribution in [0.15, 0.2) is 0 Å². The second-order valence-electron chi connectivity index (χ2n) is 8.13. The zero-order valence-corrected chi connectivity index (χ0v) is 15.3. The van der Waals surface area contributed by atoms with E-state index < -0.39 is 0 Å². The van der Waals surface area contributed by atoms with Gasteiger partial charge in [-0.15, -0.1) is 0 Å². The third-order valence-electron chi connectivity index (χ3n) is 6.53. The van der Waals surface area contributed by atoms with Gasteiger partial charge in [-0.25, -0.2) is 0 Å². The standard InChI is InChI=1S/C20H34N2O2/c1-2-18-9-5-6-14-22(18)20(24)16-12-10-15(11-13-16)19(23)21-17-7-3-4-8-17/h15-18H,2-14H2,1H3,(H,21,23). The zero-order chi connectivity index (χ0) is 16.9.